The predicted molar refractivity (Wildman–Crippen MR) is 67.0 cm³/mol. The molecular formula is C11H25NO2S. The fourth-order valence-electron chi connectivity index (χ4n) is 1.19. The SMILES string of the molecule is CC(O)C(C)SC(CO)C(N)C(C)(C)C. The maximum atomic E-state index is 9.41. The van der Waals surface area contributed by atoms with Gasteiger partial charge in [0.15, 0.2) is 0 Å². The number of hydrogen-bond donors (Lipinski definition) is 3. The molecule has 0 heterocycles. The Morgan fingerprint density at radius 1 is 1.27 bits per heavy atom. The first-order valence-corrected chi connectivity index (χ1v) is 6.34. The molecule has 4 N–H and O–H groups in total. The predicted octanol–water partition coefficient (Wildman–Crippen LogP) is 1.22. The monoisotopic (exact) mass is 235 g/mol. The minimum absolute atomic E-state index is 0.0189. The summed E-state index contributed by atoms with van der Waals surface area (Å²) in [4.78, 5) is 0. The fourth-order valence-corrected chi connectivity index (χ4v) is 2.63. The van der Waals surface area contributed by atoms with Crippen molar-refractivity contribution >= 4 is 11.8 Å². The molecule has 0 aromatic carbocycles. The number of aliphatic hydroxyl groups excluding tert-OH is 2. The molecule has 0 radical (unpaired) electrons. The van der Waals surface area contributed by atoms with Gasteiger partial charge >= 0.3 is 0 Å². The van der Waals surface area contributed by atoms with Gasteiger partial charge in [-0.15, -0.1) is 11.8 Å². The van der Waals surface area contributed by atoms with Crippen LogP contribution in [0.3, 0.4) is 0 Å². The highest BCUT2D eigenvalue weighted by Crippen LogP contribution is 2.29. The number of thioether (sulfide) groups is 1. The zero-order chi connectivity index (χ0) is 12.2. The van der Waals surface area contributed by atoms with Crippen molar-refractivity contribution in [2.75, 3.05) is 6.61 Å². The molecule has 0 fully saturated rings. The van der Waals surface area contributed by atoms with Crippen molar-refractivity contribution < 1.29 is 10.2 Å². The van der Waals surface area contributed by atoms with Crippen LogP contribution in [0.4, 0.5) is 0 Å². The van der Waals surface area contributed by atoms with Crippen molar-refractivity contribution in [1.82, 2.24) is 0 Å². The molecule has 4 unspecified atom stereocenters. The summed E-state index contributed by atoms with van der Waals surface area (Å²) in [6.07, 6.45) is -0.379. The summed E-state index contributed by atoms with van der Waals surface area (Å²) in [5.41, 5.74) is 6.06. The van der Waals surface area contributed by atoms with Crippen LogP contribution in [0.2, 0.25) is 0 Å². The van der Waals surface area contributed by atoms with E-state index in [-0.39, 0.29) is 34.7 Å². The van der Waals surface area contributed by atoms with E-state index in [9.17, 15) is 10.2 Å². The van der Waals surface area contributed by atoms with Crippen molar-refractivity contribution in [3.8, 4) is 0 Å². The highest BCUT2D eigenvalue weighted by Gasteiger charge is 2.30. The summed E-state index contributed by atoms with van der Waals surface area (Å²) in [6, 6.07) is -0.0753. The molecule has 0 aliphatic carbocycles. The zero-order valence-corrected chi connectivity index (χ0v) is 11.2. The molecule has 0 saturated heterocycles. The molecule has 0 saturated carbocycles. The Labute approximate surface area is 97.4 Å². The first kappa shape index (κ1) is 15.2. The van der Waals surface area contributed by atoms with E-state index in [1.165, 1.54) is 0 Å². The average molecular weight is 235 g/mol. The van der Waals surface area contributed by atoms with Gasteiger partial charge in [-0.2, -0.15) is 0 Å². The summed E-state index contributed by atoms with van der Waals surface area (Å²) >= 11 is 1.56. The Kier molecular flexibility index (Phi) is 6.18. The molecule has 0 aliphatic heterocycles. The van der Waals surface area contributed by atoms with E-state index in [2.05, 4.69) is 20.8 Å². The largest absolute Gasteiger partial charge is 0.395 e. The molecule has 3 nitrogen and oxygen atoms in total. The van der Waals surface area contributed by atoms with Crippen molar-refractivity contribution in [3.05, 3.63) is 0 Å². The molecular weight excluding hydrogens is 210 g/mol. The molecule has 0 bridgehead atoms. The number of aliphatic hydroxyl groups is 2. The zero-order valence-electron chi connectivity index (χ0n) is 10.4. The molecule has 0 amide bonds. The highest BCUT2D eigenvalue weighted by atomic mass is 32.2. The van der Waals surface area contributed by atoms with Gasteiger partial charge in [0.05, 0.1) is 12.7 Å². The Hall–Kier alpha value is 0.230. The lowest BCUT2D eigenvalue weighted by atomic mass is 9.85. The molecule has 92 valence electrons. The number of rotatable bonds is 5. The lowest BCUT2D eigenvalue weighted by Crippen LogP contribution is -2.46. The molecule has 0 aromatic rings. The Balaban J connectivity index is 4.37. The first-order valence-electron chi connectivity index (χ1n) is 5.40. The van der Waals surface area contributed by atoms with Crippen molar-refractivity contribution in [2.45, 2.75) is 57.3 Å². The lowest BCUT2D eigenvalue weighted by Gasteiger charge is -2.34. The van der Waals surface area contributed by atoms with Gasteiger partial charge in [-0.1, -0.05) is 27.7 Å². The normalized spacial score (nSPS) is 20.8. The van der Waals surface area contributed by atoms with E-state index >= 15 is 0 Å². The van der Waals surface area contributed by atoms with Crippen LogP contribution in [0.5, 0.6) is 0 Å². The van der Waals surface area contributed by atoms with Crippen LogP contribution in [0.1, 0.15) is 34.6 Å². The van der Waals surface area contributed by atoms with E-state index in [4.69, 9.17) is 5.73 Å². The van der Waals surface area contributed by atoms with E-state index in [1.807, 2.05) is 6.92 Å². The average Bonchev–Trinajstić information content (AvgIpc) is 2.10. The third-order valence-electron chi connectivity index (χ3n) is 2.65. The molecule has 4 heteroatoms. The molecule has 0 aromatic heterocycles. The summed E-state index contributed by atoms with van der Waals surface area (Å²) in [5.74, 6) is 0. The Morgan fingerprint density at radius 2 is 1.73 bits per heavy atom. The molecule has 4 atom stereocenters. The van der Waals surface area contributed by atoms with Crippen LogP contribution < -0.4 is 5.73 Å². The van der Waals surface area contributed by atoms with Crippen molar-refractivity contribution in [1.29, 1.82) is 0 Å². The molecule has 0 rings (SSSR count). The Bertz CT molecular complexity index is 180. The van der Waals surface area contributed by atoms with Gasteiger partial charge in [0, 0.05) is 16.5 Å². The van der Waals surface area contributed by atoms with Crippen LogP contribution >= 0.6 is 11.8 Å². The van der Waals surface area contributed by atoms with Crippen LogP contribution in [0.25, 0.3) is 0 Å². The van der Waals surface area contributed by atoms with Gasteiger partial charge in [-0.25, -0.2) is 0 Å². The summed E-state index contributed by atoms with van der Waals surface area (Å²) in [5, 5.41) is 18.8. The van der Waals surface area contributed by atoms with Crippen LogP contribution in [-0.4, -0.2) is 39.5 Å². The second-order valence-corrected chi connectivity index (χ2v) is 6.82. The van der Waals surface area contributed by atoms with E-state index in [0.29, 0.717) is 0 Å². The maximum absolute atomic E-state index is 9.41. The maximum Gasteiger partial charge on any atom is 0.0628 e. The third-order valence-corrected chi connectivity index (χ3v) is 4.26. The van der Waals surface area contributed by atoms with Gasteiger partial charge in [0.25, 0.3) is 0 Å². The lowest BCUT2D eigenvalue weighted by molar-refractivity contribution is 0.194. The highest BCUT2D eigenvalue weighted by molar-refractivity contribution is 8.00. The van der Waals surface area contributed by atoms with Crippen LogP contribution in [-0.2, 0) is 0 Å². The standard InChI is InChI=1S/C11H25NO2S/c1-7(14)8(2)15-9(6-13)10(12)11(3,4)5/h7-10,13-14H,6,12H2,1-5H3. The second-order valence-electron chi connectivity index (χ2n) is 5.19. The van der Waals surface area contributed by atoms with E-state index < -0.39 is 0 Å². The quantitative estimate of drug-likeness (QED) is 0.670. The first-order chi connectivity index (χ1) is 6.70. The van der Waals surface area contributed by atoms with Crippen LogP contribution in [0.15, 0.2) is 0 Å². The molecule has 0 aliphatic rings. The number of hydrogen-bond acceptors (Lipinski definition) is 4. The van der Waals surface area contributed by atoms with Gasteiger partial charge < -0.3 is 15.9 Å². The number of nitrogens with two attached hydrogens (primary N) is 1. The van der Waals surface area contributed by atoms with Gasteiger partial charge in [-0.05, 0) is 12.3 Å². The molecule has 15 heavy (non-hydrogen) atoms. The molecule has 0 spiro atoms. The van der Waals surface area contributed by atoms with Gasteiger partial charge in [0.1, 0.15) is 0 Å². The summed E-state index contributed by atoms with van der Waals surface area (Å²) < 4.78 is 0. The van der Waals surface area contributed by atoms with E-state index in [1.54, 1.807) is 18.7 Å². The van der Waals surface area contributed by atoms with Gasteiger partial charge in [0.2, 0.25) is 0 Å². The van der Waals surface area contributed by atoms with Crippen molar-refractivity contribution in [2.24, 2.45) is 11.1 Å². The topological polar surface area (TPSA) is 66.5 Å². The van der Waals surface area contributed by atoms with E-state index in [0.717, 1.165) is 0 Å². The Morgan fingerprint density at radius 3 is 2.00 bits per heavy atom. The smallest absolute Gasteiger partial charge is 0.0628 e. The van der Waals surface area contributed by atoms with Crippen molar-refractivity contribution in [3.63, 3.8) is 0 Å². The minimum atomic E-state index is -0.379. The van der Waals surface area contributed by atoms with Gasteiger partial charge in [-0.3, -0.25) is 0 Å². The second kappa shape index (κ2) is 6.09. The van der Waals surface area contributed by atoms with Crippen LogP contribution in [0, 0.1) is 5.41 Å². The minimum Gasteiger partial charge on any atom is -0.395 e. The fraction of sp³-hybridized carbons (Fsp3) is 1.00. The summed E-state index contributed by atoms with van der Waals surface area (Å²) in [7, 11) is 0. The third kappa shape index (κ3) is 5.20. The summed E-state index contributed by atoms with van der Waals surface area (Å²) in [6.45, 7) is 9.96.